The Hall–Kier alpha value is -3.07. The van der Waals surface area contributed by atoms with Crippen molar-refractivity contribution in [3.63, 3.8) is 0 Å². The highest BCUT2D eigenvalue weighted by Gasteiger charge is 2.29. The van der Waals surface area contributed by atoms with E-state index in [0.29, 0.717) is 26.1 Å². The minimum Gasteiger partial charge on any atom is -0.352 e. The Morgan fingerprint density at radius 2 is 2.24 bits per heavy atom. The Morgan fingerprint density at radius 3 is 2.93 bits per heavy atom. The zero-order valence-electron chi connectivity index (χ0n) is 16.1. The lowest BCUT2D eigenvalue weighted by atomic mass is 10.1. The van der Waals surface area contributed by atoms with Crippen LogP contribution in [0.15, 0.2) is 42.3 Å². The van der Waals surface area contributed by atoms with Crippen LogP contribution in [0.3, 0.4) is 0 Å². The highest BCUT2D eigenvalue weighted by atomic mass is 32.1. The Labute approximate surface area is 172 Å². The number of likely N-dealkylation sites (tertiary alicyclic amines) is 1. The minimum absolute atomic E-state index is 0.0494. The number of rotatable bonds is 7. The first kappa shape index (κ1) is 19.3. The summed E-state index contributed by atoms with van der Waals surface area (Å²) in [6.45, 7) is 3.36. The number of hydrogen-bond acceptors (Lipinski definition) is 6. The first-order valence-electron chi connectivity index (χ1n) is 9.58. The van der Waals surface area contributed by atoms with Crippen molar-refractivity contribution in [2.45, 2.75) is 32.4 Å². The molecule has 1 aliphatic heterocycles. The summed E-state index contributed by atoms with van der Waals surface area (Å²) < 4.78 is 1.88. The van der Waals surface area contributed by atoms with Crippen LogP contribution in [-0.4, -0.2) is 55.6 Å². The Kier molecular flexibility index (Phi) is 5.66. The summed E-state index contributed by atoms with van der Waals surface area (Å²) in [5, 5.41) is 9.47. The second-order valence-electron chi connectivity index (χ2n) is 6.86. The smallest absolute Gasteiger partial charge is 0.242 e. The summed E-state index contributed by atoms with van der Waals surface area (Å²) in [5.41, 5.74) is 2.62. The van der Waals surface area contributed by atoms with Gasteiger partial charge in [-0.1, -0.05) is 6.07 Å². The van der Waals surface area contributed by atoms with Gasteiger partial charge in [-0.05, 0) is 24.8 Å². The third kappa shape index (κ3) is 4.04. The molecule has 4 rings (SSSR count). The van der Waals surface area contributed by atoms with E-state index in [-0.39, 0.29) is 11.8 Å². The van der Waals surface area contributed by atoms with Crippen LogP contribution in [0.25, 0.3) is 21.8 Å². The van der Waals surface area contributed by atoms with Crippen molar-refractivity contribution in [2.75, 3.05) is 13.1 Å². The van der Waals surface area contributed by atoms with E-state index < -0.39 is 6.04 Å². The van der Waals surface area contributed by atoms with Gasteiger partial charge in [-0.3, -0.25) is 24.2 Å². The van der Waals surface area contributed by atoms with E-state index >= 15 is 0 Å². The fourth-order valence-corrected chi connectivity index (χ4v) is 4.29. The maximum Gasteiger partial charge on any atom is 0.242 e. The number of thiophene rings is 1. The predicted molar refractivity (Wildman–Crippen MR) is 110 cm³/mol. The average molecular weight is 411 g/mol. The van der Waals surface area contributed by atoms with Crippen molar-refractivity contribution in [1.29, 1.82) is 0 Å². The van der Waals surface area contributed by atoms with E-state index in [0.717, 1.165) is 28.2 Å². The molecule has 0 radical (unpaired) electrons. The monoisotopic (exact) mass is 410 g/mol. The molecule has 0 aliphatic carbocycles. The molecule has 1 saturated heterocycles. The standard InChI is InChI=1S/C20H22N6O2S/c1-14(25-9-2-5-18(25)27)20(28)23-8-10-26-19(17-4-3-11-29-17)15(12-24-26)16-13-21-6-7-22-16/h3-4,6-7,11-14H,2,5,8-10H2,1H3,(H,23,28)/t14-/m0/s1. The normalized spacial score (nSPS) is 14.9. The molecule has 1 fully saturated rings. The maximum absolute atomic E-state index is 12.5. The van der Waals surface area contributed by atoms with Gasteiger partial charge in [0.25, 0.3) is 0 Å². The summed E-state index contributed by atoms with van der Waals surface area (Å²) in [6, 6.07) is 3.58. The van der Waals surface area contributed by atoms with Crippen molar-refractivity contribution >= 4 is 23.2 Å². The van der Waals surface area contributed by atoms with Crippen LogP contribution < -0.4 is 5.32 Å². The average Bonchev–Trinajstić information content (AvgIpc) is 3.48. The van der Waals surface area contributed by atoms with E-state index in [1.165, 1.54) is 0 Å². The van der Waals surface area contributed by atoms with Crippen LogP contribution in [0, 0.1) is 0 Å². The van der Waals surface area contributed by atoms with E-state index in [1.807, 2.05) is 22.2 Å². The van der Waals surface area contributed by atoms with Crippen LogP contribution in [0.2, 0.25) is 0 Å². The van der Waals surface area contributed by atoms with Crippen LogP contribution in [0.5, 0.6) is 0 Å². The molecule has 2 amide bonds. The molecular weight excluding hydrogens is 388 g/mol. The van der Waals surface area contributed by atoms with Gasteiger partial charge in [0, 0.05) is 37.5 Å². The number of aromatic nitrogens is 4. The van der Waals surface area contributed by atoms with Crippen molar-refractivity contribution in [1.82, 2.24) is 30.0 Å². The van der Waals surface area contributed by atoms with Crippen molar-refractivity contribution < 1.29 is 9.59 Å². The molecule has 4 heterocycles. The molecule has 0 aromatic carbocycles. The fourth-order valence-electron chi connectivity index (χ4n) is 3.51. The zero-order valence-corrected chi connectivity index (χ0v) is 16.9. The molecule has 150 valence electrons. The summed E-state index contributed by atoms with van der Waals surface area (Å²) in [5.74, 6) is -0.0902. The molecule has 3 aromatic rings. The van der Waals surface area contributed by atoms with Crippen LogP contribution in [-0.2, 0) is 16.1 Å². The Morgan fingerprint density at radius 1 is 1.34 bits per heavy atom. The van der Waals surface area contributed by atoms with Crippen molar-refractivity contribution in [3.05, 3.63) is 42.3 Å². The van der Waals surface area contributed by atoms with Gasteiger partial charge in [-0.15, -0.1) is 11.3 Å². The van der Waals surface area contributed by atoms with Crippen molar-refractivity contribution in [3.8, 4) is 21.8 Å². The quantitative estimate of drug-likeness (QED) is 0.645. The minimum atomic E-state index is -0.449. The Bertz CT molecular complexity index is 986. The molecule has 9 heteroatoms. The van der Waals surface area contributed by atoms with E-state index in [4.69, 9.17) is 0 Å². The van der Waals surface area contributed by atoms with Gasteiger partial charge in [0.15, 0.2) is 0 Å². The number of nitrogens with zero attached hydrogens (tertiary/aromatic N) is 5. The van der Waals surface area contributed by atoms with E-state index in [9.17, 15) is 9.59 Å². The van der Waals surface area contributed by atoms with Crippen LogP contribution >= 0.6 is 11.3 Å². The predicted octanol–water partition coefficient (Wildman–Crippen LogP) is 2.20. The van der Waals surface area contributed by atoms with Gasteiger partial charge >= 0.3 is 0 Å². The van der Waals surface area contributed by atoms with Gasteiger partial charge in [-0.25, -0.2) is 0 Å². The van der Waals surface area contributed by atoms with Gasteiger partial charge in [0.05, 0.1) is 35.2 Å². The second kappa shape index (κ2) is 8.52. The molecule has 3 aromatic heterocycles. The molecule has 0 bridgehead atoms. The summed E-state index contributed by atoms with van der Waals surface area (Å²) in [6.07, 6.45) is 8.15. The fraction of sp³-hybridized carbons (Fsp3) is 0.350. The summed E-state index contributed by atoms with van der Waals surface area (Å²) in [7, 11) is 0. The number of carbonyl (C=O) groups is 2. The van der Waals surface area contributed by atoms with Crippen LogP contribution in [0.4, 0.5) is 0 Å². The molecule has 29 heavy (non-hydrogen) atoms. The first-order valence-corrected chi connectivity index (χ1v) is 10.5. The van der Waals surface area contributed by atoms with E-state index in [1.54, 1.807) is 47.9 Å². The third-order valence-electron chi connectivity index (χ3n) is 5.01. The summed E-state index contributed by atoms with van der Waals surface area (Å²) >= 11 is 1.62. The third-order valence-corrected chi connectivity index (χ3v) is 5.89. The molecule has 8 nitrogen and oxygen atoms in total. The molecule has 0 spiro atoms. The van der Waals surface area contributed by atoms with Gasteiger partial charge < -0.3 is 10.2 Å². The van der Waals surface area contributed by atoms with Crippen molar-refractivity contribution in [2.24, 2.45) is 0 Å². The molecule has 0 saturated carbocycles. The van der Waals surface area contributed by atoms with Gasteiger partial charge in [-0.2, -0.15) is 5.10 Å². The Balaban J connectivity index is 1.47. The van der Waals surface area contributed by atoms with Crippen LogP contribution in [0.1, 0.15) is 19.8 Å². The SMILES string of the molecule is C[C@@H](C(=O)NCCn1ncc(-c2cnccn2)c1-c1cccs1)N1CCCC1=O. The second-order valence-corrected chi connectivity index (χ2v) is 7.80. The maximum atomic E-state index is 12.5. The number of amides is 2. The van der Waals surface area contributed by atoms with Gasteiger partial charge in [0.1, 0.15) is 6.04 Å². The zero-order chi connectivity index (χ0) is 20.2. The lowest BCUT2D eigenvalue weighted by Crippen LogP contribution is -2.46. The number of carbonyl (C=O) groups excluding carboxylic acids is 2. The topological polar surface area (TPSA) is 93.0 Å². The molecule has 1 atom stereocenters. The largest absolute Gasteiger partial charge is 0.352 e. The molecule has 0 unspecified atom stereocenters. The highest BCUT2D eigenvalue weighted by Crippen LogP contribution is 2.33. The lowest BCUT2D eigenvalue weighted by molar-refractivity contribution is -0.136. The molecular formula is C20H22N6O2S. The highest BCUT2D eigenvalue weighted by molar-refractivity contribution is 7.13. The van der Waals surface area contributed by atoms with E-state index in [2.05, 4.69) is 20.4 Å². The first-order chi connectivity index (χ1) is 14.1. The number of nitrogens with one attached hydrogen (secondary N) is 1. The van der Waals surface area contributed by atoms with Gasteiger partial charge in [0.2, 0.25) is 11.8 Å². The number of hydrogen-bond donors (Lipinski definition) is 1. The lowest BCUT2D eigenvalue weighted by Gasteiger charge is -2.23. The molecule has 1 aliphatic rings. The molecule has 1 N–H and O–H groups in total. The summed E-state index contributed by atoms with van der Waals surface area (Å²) in [4.78, 5) is 35.6.